The van der Waals surface area contributed by atoms with Crippen LogP contribution in [0.15, 0.2) is 96.9 Å². The monoisotopic (exact) mass is 451 g/mol. The van der Waals surface area contributed by atoms with Crippen molar-refractivity contribution in [3.8, 4) is 0 Å². The van der Waals surface area contributed by atoms with E-state index in [4.69, 9.17) is 11.6 Å². The zero-order chi connectivity index (χ0) is 22.4. The Morgan fingerprint density at radius 1 is 1.03 bits per heavy atom. The Bertz CT molecular complexity index is 1170. The minimum atomic E-state index is -3.79. The number of hydrogen-bond acceptors (Lipinski definition) is 2. The second-order valence-electron chi connectivity index (χ2n) is 7.33. The van der Waals surface area contributed by atoms with Crippen LogP contribution in [-0.4, -0.2) is 15.0 Å². The van der Waals surface area contributed by atoms with Crippen LogP contribution in [0.25, 0.3) is 5.57 Å². The molecule has 3 rings (SSSR count). The summed E-state index contributed by atoms with van der Waals surface area (Å²) in [6, 6.07) is 21.8. The van der Waals surface area contributed by atoms with Gasteiger partial charge in [-0.25, -0.2) is 8.42 Å². The molecule has 0 aromatic heterocycles. The number of sulfonamides is 1. The summed E-state index contributed by atoms with van der Waals surface area (Å²) in [6.45, 7) is 10.3. The van der Waals surface area contributed by atoms with Gasteiger partial charge in [-0.2, -0.15) is 0 Å². The SMILES string of the molecule is C=CCCCN(c1ccc(Cl)cc1C(=C)c1ccccc1)S(=O)(=O)c1ccc(C)cc1. The van der Waals surface area contributed by atoms with Crippen molar-refractivity contribution in [2.75, 3.05) is 10.8 Å². The van der Waals surface area contributed by atoms with Crippen molar-refractivity contribution < 1.29 is 8.42 Å². The highest BCUT2D eigenvalue weighted by Crippen LogP contribution is 2.36. The molecule has 3 aromatic rings. The Labute approximate surface area is 190 Å². The van der Waals surface area contributed by atoms with E-state index in [0.717, 1.165) is 11.1 Å². The third-order valence-corrected chi connectivity index (χ3v) is 7.12. The highest BCUT2D eigenvalue weighted by Gasteiger charge is 2.27. The minimum Gasteiger partial charge on any atom is -0.266 e. The number of aryl methyl sites for hydroxylation is 1. The van der Waals surface area contributed by atoms with Crippen molar-refractivity contribution in [2.45, 2.75) is 24.7 Å². The number of allylic oxidation sites excluding steroid dienone is 1. The van der Waals surface area contributed by atoms with Gasteiger partial charge in [0, 0.05) is 17.1 Å². The van der Waals surface area contributed by atoms with Crippen molar-refractivity contribution in [3.63, 3.8) is 0 Å². The van der Waals surface area contributed by atoms with E-state index in [1.165, 1.54) is 4.31 Å². The average Bonchev–Trinajstić information content (AvgIpc) is 2.77. The van der Waals surface area contributed by atoms with Crippen LogP contribution in [0.2, 0.25) is 5.02 Å². The van der Waals surface area contributed by atoms with Crippen LogP contribution in [-0.2, 0) is 10.0 Å². The van der Waals surface area contributed by atoms with Crippen LogP contribution in [0, 0.1) is 6.92 Å². The lowest BCUT2D eigenvalue weighted by atomic mass is 9.98. The molecule has 160 valence electrons. The maximum Gasteiger partial charge on any atom is 0.264 e. The van der Waals surface area contributed by atoms with Crippen molar-refractivity contribution in [2.24, 2.45) is 0 Å². The fourth-order valence-corrected chi connectivity index (χ4v) is 5.04. The van der Waals surface area contributed by atoms with E-state index < -0.39 is 10.0 Å². The summed E-state index contributed by atoms with van der Waals surface area (Å²) in [5, 5.41) is 0.523. The van der Waals surface area contributed by atoms with Crippen LogP contribution in [0.1, 0.15) is 29.5 Å². The molecule has 0 amide bonds. The molecule has 0 atom stereocenters. The van der Waals surface area contributed by atoms with Crippen molar-refractivity contribution >= 4 is 32.9 Å². The highest BCUT2D eigenvalue weighted by atomic mass is 35.5. The number of hydrogen-bond donors (Lipinski definition) is 0. The lowest BCUT2D eigenvalue weighted by molar-refractivity contribution is 0.589. The third-order valence-electron chi connectivity index (χ3n) is 5.05. The second-order valence-corrected chi connectivity index (χ2v) is 9.63. The van der Waals surface area contributed by atoms with E-state index in [0.29, 0.717) is 41.2 Å². The first-order valence-electron chi connectivity index (χ1n) is 10.1. The smallest absolute Gasteiger partial charge is 0.264 e. The molecule has 0 unspecified atom stereocenters. The van der Waals surface area contributed by atoms with Crippen molar-refractivity contribution in [1.82, 2.24) is 0 Å². The summed E-state index contributed by atoms with van der Waals surface area (Å²) in [6.07, 6.45) is 3.15. The Morgan fingerprint density at radius 3 is 2.35 bits per heavy atom. The molecule has 0 saturated heterocycles. The Kier molecular flexibility index (Phi) is 7.37. The van der Waals surface area contributed by atoms with Gasteiger partial charge in [0.25, 0.3) is 10.0 Å². The topological polar surface area (TPSA) is 37.4 Å². The Hall–Kier alpha value is -2.82. The van der Waals surface area contributed by atoms with E-state index >= 15 is 0 Å². The van der Waals surface area contributed by atoms with Gasteiger partial charge in [-0.3, -0.25) is 4.31 Å². The van der Waals surface area contributed by atoms with Gasteiger partial charge in [0.2, 0.25) is 0 Å². The summed E-state index contributed by atoms with van der Waals surface area (Å²) in [4.78, 5) is 0.253. The molecule has 5 heteroatoms. The molecular weight excluding hydrogens is 426 g/mol. The quantitative estimate of drug-likeness (QED) is 0.263. The molecular formula is C26H26ClNO2S. The molecule has 0 aliphatic carbocycles. The first-order chi connectivity index (χ1) is 14.8. The van der Waals surface area contributed by atoms with E-state index in [1.807, 2.05) is 37.3 Å². The number of halogens is 1. The first-order valence-corrected chi connectivity index (χ1v) is 11.9. The van der Waals surface area contributed by atoms with Gasteiger partial charge < -0.3 is 0 Å². The zero-order valence-corrected chi connectivity index (χ0v) is 19.2. The lowest BCUT2D eigenvalue weighted by Crippen LogP contribution is -2.32. The molecule has 3 nitrogen and oxygen atoms in total. The summed E-state index contributed by atoms with van der Waals surface area (Å²) in [7, 11) is -3.79. The first kappa shape index (κ1) is 22.9. The molecule has 31 heavy (non-hydrogen) atoms. The maximum absolute atomic E-state index is 13.7. The van der Waals surface area contributed by atoms with E-state index in [9.17, 15) is 8.42 Å². The molecule has 0 radical (unpaired) electrons. The highest BCUT2D eigenvalue weighted by molar-refractivity contribution is 7.92. The number of rotatable bonds is 9. The number of anilines is 1. The standard InChI is InChI=1S/C26H26ClNO2S/c1-4-5-9-18-28(31(29,30)24-15-12-20(2)13-16-24)26-17-14-23(27)19-25(26)21(3)22-10-7-6-8-11-22/h4,6-8,10-17,19H,1,3,5,9,18H2,2H3. The molecule has 0 saturated carbocycles. The second kappa shape index (κ2) is 9.99. The Balaban J connectivity index is 2.14. The summed E-state index contributed by atoms with van der Waals surface area (Å²) >= 11 is 6.31. The predicted molar refractivity (Wildman–Crippen MR) is 131 cm³/mol. The fraction of sp³-hybridized carbons (Fsp3) is 0.154. The van der Waals surface area contributed by atoms with Gasteiger partial charge in [0.05, 0.1) is 10.6 Å². The van der Waals surface area contributed by atoms with Crippen LogP contribution in [0.5, 0.6) is 0 Å². The molecule has 0 fully saturated rings. The molecule has 0 heterocycles. The van der Waals surface area contributed by atoms with Crippen LogP contribution in [0.4, 0.5) is 5.69 Å². The van der Waals surface area contributed by atoms with Gasteiger partial charge in [-0.15, -0.1) is 6.58 Å². The van der Waals surface area contributed by atoms with Crippen LogP contribution >= 0.6 is 11.6 Å². The van der Waals surface area contributed by atoms with Gasteiger partial charge in [0.15, 0.2) is 0 Å². The van der Waals surface area contributed by atoms with Crippen LogP contribution in [0.3, 0.4) is 0 Å². The van der Waals surface area contributed by atoms with E-state index in [-0.39, 0.29) is 4.90 Å². The summed E-state index contributed by atoms with van der Waals surface area (Å²) < 4.78 is 28.8. The molecule has 0 N–H and O–H groups in total. The van der Waals surface area contributed by atoms with Gasteiger partial charge in [0.1, 0.15) is 0 Å². The van der Waals surface area contributed by atoms with Gasteiger partial charge in [-0.1, -0.05) is 72.3 Å². The summed E-state index contributed by atoms with van der Waals surface area (Å²) in [5.74, 6) is 0. The molecule has 0 aliphatic heterocycles. The molecule has 3 aromatic carbocycles. The average molecular weight is 452 g/mol. The minimum absolute atomic E-state index is 0.253. The predicted octanol–water partition coefficient (Wildman–Crippen LogP) is 6.87. The third kappa shape index (κ3) is 5.27. The maximum atomic E-state index is 13.7. The molecule has 0 aliphatic rings. The number of unbranched alkanes of at least 4 members (excludes halogenated alkanes) is 1. The normalized spacial score (nSPS) is 11.2. The zero-order valence-electron chi connectivity index (χ0n) is 17.6. The summed E-state index contributed by atoms with van der Waals surface area (Å²) in [5.41, 5.74) is 3.87. The molecule has 0 spiro atoms. The number of benzene rings is 3. The van der Waals surface area contributed by atoms with Crippen molar-refractivity contribution in [3.05, 3.63) is 114 Å². The number of nitrogens with zero attached hydrogens (tertiary/aromatic N) is 1. The lowest BCUT2D eigenvalue weighted by Gasteiger charge is -2.27. The van der Waals surface area contributed by atoms with Gasteiger partial charge >= 0.3 is 0 Å². The molecule has 0 bridgehead atoms. The fourth-order valence-electron chi connectivity index (χ4n) is 3.35. The van der Waals surface area contributed by atoms with E-state index in [2.05, 4.69) is 13.2 Å². The van der Waals surface area contributed by atoms with Crippen LogP contribution < -0.4 is 4.31 Å². The van der Waals surface area contributed by atoms with Crippen molar-refractivity contribution in [1.29, 1.82) is 0 Å². The Morgan fingerprint density at radius 2 is 1.71 bits per heavy atom. The van der Waals surface area contributed by atoms with Gasteiger partial charge in [-0.05, 0) is 61.2 Å². The largest absolute Gasteiger partial charge is 0.266 e. The van der Waals surface area contributed by atoms with E-state index in [1.54, 1.807) is 48.5 Å².